The summed E-state index contributed by atoms with van der Waals surface area (Å²) in [5.74, 6) is -4.89. The van der Waals surface area contributed by atoms with Crippen molar-refractivity contribution in [3.63, 3.8) is 0 Å². The molecule has 0 bridgehead atoms. The Kier molecular flexibility index (Phi) is 16.8. The second-order valence-corrected chi connectivity index (χ2v) is 12.8. The maximum Gasteiger partial charge on any atom is 0.329 e. The van der Waals surface area contributed by atoms with Gasteiger partial charge in [0.15, 0.2) is 6.29 Å². The van der Waals surface area contributed by atoms with Crippen molar-refractivity contribution in [2.75, 3.05) is 52.9 Å². The van der Waals surface area contributed by atoms with E-state index in [1.165, 1.54) is 20.8 Å². The van der Waals surface area contributed by atoms with E-state index < -0.39 is 141 Å². The monoisotopic (exact) mass is 741 g/mol. The number of aliphatic hydroxyl groups excluding tert-OH is 7. The van der Waals surface area contributed by atoms with E-state index in [0.29, 0.717) is 0 Å². The molecule has 3 aliphatic rings. The zero-order valence-corrected chi connectivity index (χ0v) is 28.5. The molecule has 6 unspecified atom stereocenters. The number of amides is 3. The van der Waals surface area contributed by atoms with Gasteiger partial charge in [-0.1, -0.05) is 0 Å². The van der Waals surface area contributed by atoms with Crippen molar-refractivity contribution in [3.05, 3.63) is 0 Å². The smallest absolute Gasteiger partial charge is 0.329 e. The molecule has 21 heteroatoms. The third-order valence-corrected chi connectivity index (χ3v) is 8.99. The van der Waals surface area contributed by atoms with Crippen molar-refractivity contribution in [3.8, 4) is 0 Å². The highest BCUT2D eigenvalue weighted by Gasteiger charge is 2.49. The minimum Gasteiger partial charge on any atom is -0.480 e. The average Bonchev–Trinajstić information content (AvgIpc) is 3.06. The number of hydrogen-bond acceptors (Lipinski definition) is 17. The van der Waals surface area contributed by atoms with Crippen LogP contribution in [0.2, 0.25) is 0 Å². The highest BCUT2D eigenvalue weighted by Crippen LogP contribution is 2.31. The van der Waals surface area contributed by atoms with Gasteiger partial charge >= 0.3 is 5.97 Å². The van der Waals surface area contributed by atoms with Gasteiger partial charge < -0.3 is 85.2 Å². The Hall–Kier alpha value is -2.64. The number of rotatable bonds is 17. The van der Waals surface area contributed by atoms with E-state index in [1.54, 1.807) is 0 Å². The Morgan fingerprint density at radius 3 is 1.57 bits per heavy atom. The van der Waals surface area contributed by atoms with Crippen molar-refractivity contribution in [1.82, 2.24) is 16.0 Å². The lowest BCUT2D eigenvalue weighted by molar-refractivity contribution is -0.249. The first-order valence-corrected chi connectivity index (χ1v) is 16.4. The summed E-state index contributed by atoms with van der Waals surface area (Å²) in [4.78, 5) is 47.3. The number of nitrogens with one attached hydrogen (secondary N) is 3. The molecule has 294 valence electrons. The molecule has 0 aromatic carbocycles. The number of carboxylic acid groups (broad SMARTS) is 1. The summed E-state index contributed by atoms with van der Waals surface area (Å²) in [5, 5.41) is 88.8. The molecule has 3 heterocycles. The van der Waals surface area contributed by atoms with Crippen LogP contribution in [0.4, 0.5) is 0 Å². The molecule has 3 saturated heterocycles. The predicted octanol–water partition coefficient (Wildman–Crippen LogP) is -6.45. The fourth-order valence-corrected chi connectivity index (χ4v) is 6.61. The number of carboxylic acids is 1. The van der Waals surface area contributed by atoms with Crippen molar-refractivity contribution < 1.29 is 88.5 Å². The van der Waals surface area contributed by atoms with Gasteiger partial charge in [-0.15, -0.1) is 0 Å². The summed E-state index contributed by atoms with van der Waals surface area (Å²) < 4.78 is 34.6. The molecule has 0 aliphatic carbocycles. The van der Waals surface area contributed by atoms with Gasteiger partial charge in [0.1, 0.15) is 43.2 Å². The summed E-state index contributed by atoms with van der Waals surface area (Å²) in [7, 11) is 0. The molecule has 51 heavy (non-hydrogen) atoms. The third-order valence-electron chi connectivity index (χ3n) is 8.99. The van der Waals surface area contributed by atoms with E-state index in [2.05, 4.69) is 16.0 Å². The van der Waals surface area contributed by atoms with E-state index in [4.69, 9.17) is 28.4 Å². The van der Waals surface area contributed by atoms with Crippen molar-refractivity contribution in [1.29, 1.82) is 0 Å². The van der Waals surface area contributed by atoms with Crippen LogP contribution in [0.1, 0.15) is 20.8 Å². The highest BCUT2D eigenvalue weighted by atomic mass is 16.6. The first-order chi connectivity index (χ1) is 24.1. The number of aliphatic carboxylic acids is 1. The SMILES string of the molecule is CC(=O)NC1[C@H](COC[C@@H]2C(CO)O[C@@H](COC[C@@H]3C(CO)O[C@@H](O)C(NC(C)=O)[C@H]3O)C(NC(C)=O)[C@H]2OCC(=O)O)OC(CO)[C@@H](O)[C@@H]1O. The van der Waals surface area contributed by atoms with Crippen LogP contribution >= 0.6 is 0 Å². The van der Waals surface area contributed by atoms with Gasteiger partial charge in [-0.05, 0) is 0 Å². The zero-order chi connectivity index (χ0) is 38.0. The van der Waals surface area contributed by atoms with Gasteiger partial charge in [0.25, 0.3) is 0 Å². The standard InChI is InChI=1S/C30H51N3O18/c1-12(37)31-23-20(50-19(6-36)27(43)28(23)44)9-47-8-16-18(5-35)49-21(24(32-13(2)38)29(16)48-11-22(40)41)10-46-7-15-17(4-34)51-30(45)25(26(15)42)33-14(3)39/h15-21,23-30,34-36,42-45H,4-11H2,1-3H3,(H,31,37)(H,32,38)(H,33,39)(H,40,41)/t15-,16-,17?,18?,19?,20+,21+,23?,24?,25?,26+,27-,28-,29+,30-/m1/s1. The largest absolute Gasteiger partial charge is 0.480 e. The number of carbonyl (C=O) groups is 4. The molecule has 0 aromatic heterocycles. The Labute approximate surface area is 293 Å². The average molecular weight is 742 g/mol. The van der Waals surface area contributed by atoms with Gasteiger partial charge in [-0.25, -0.2) is 4.79 Å². The van der Waals surface area contributed by atoms with Crippen molar-refractivity contribution in [2.45, 2.75) is 100 Å². The minimum atomic E-state index is -1.62. The first kappa shape index (κ1) is 42.8. The molecule has 3 fully saturated rings. The molecule has 3 aliphatic heterocycles. The fourth-order valence-electron chi connectivity index (χ4n) is 6.61. The van der Waals surface area contributed by atoms with Gasteiger partial charge in [-0.3, -0.25) is 14.4 Å². The predicted molar refractivity (Wildman–Crippen MR) is 166 cm³/mol. The van der Waals surface area contributed by atoms with E-state index >= 15 is 0 Å². The maximum atomic E-state index is 12.4. The summed E-state index contributed by atoms with van der Waals surface area (Å²) in [6.07, 6.45) is -12.8. The lowest BCUT2D eigenvalue weighted by Crippen LogP contribution is -2.66. The minimum absolute atomic E-state index is 0.301. The summed E-state index contributed by atoms with van der Waals surface area (Å²) in [6.45, 7) is -0.395. The van der Waals surface area contributed by atoms with Gasteiger partial charge in [0, 0.05) is 32.6 Å². The normalized spacial score (nSPS) is 38.4. The third kappa shape index (κ3) is 11.4. The van der Waals surface area contributed by atoms with Gasteiger partial charge in [0.05, 0.1) is 82.7 Å². The number of aliphatic hydroxyl groups is 7. The quantitative estimate of drug-likeness (QED) is 0.0660. The number of hydrogen-bond donors (Lipinski definition) is 11. The van der Waals surface area contributed by atoms with Crippen LogP contribution in [0.25, 0.3) is 0 Å². The molecular formula is C30H51N3O18. The van der Waals surface area contributed by atoms with Crippen LogP contribution in [0.3, 0.4) is 0 Å². The van der Waals surface area contributed by atoms with Crippen LogP contribution in [0, 0.1) is 11.8 Å². The van der Waals surface area contributed by atoms with E-state index in [-0.39, 0.29) is 26.4 Å². The van der Waals surface area contributed by atoms with Crippen LogP contribution in [0.15, 0.2) is 0 Å². The molecule has 21 nitrogen and oxygen atoms in total. The molecule has 0 aromatic rings. The van der Waals surface area contributed by atoms with E-state index in [1.807, 2.05) is 0 Å². The zero-order valence-electron chi connectivity index (χ0n) is 28.5. The molecule has 0 saturated carbocycles. The van der Waals surface area contributed by atoms with Crippen LogP contribution in [-0.4, -0.2) is 197 Å². The Morgan fingerprint density at radius 2 is 1.04 bits per heavy atom. The first-order valence-electron chi connectivity index (χ1n) is 16.4. The van der Waals surface area contributed by atoms with E-state index in [9.17, 15) is 60.0 Å². The lowest BCUT2D eigenvalue weighted by atomic mass is 9.85. The summed E-state index contributed by atoms with van der Waals surface area (Å²) >= 11 is 0. The van der Waals surface area contributed by atoms with Crippen LogP contribution in [0.5, 0.6) is 0 Å². The topological polar surface area (TPSA) is 322 Å². The fraction of sp³-hybridized carbons (Fsp3) is 0.867. The second kappa shape index (κ2) is 20.0. The van der Waals surface area contributed by atoms with Gasteiger partial charge in [-0.2, -0.15) is 0 Å². The number of carbonyl (C=O) groups excluding carboxylic acids is 3. The number of ether oxygens (including phenoxy) is 6. The lowest BCUT2D eigenvalue weighted by Gasteiger charge is -2.47. The van der Waals surface area contributed by atoms with Crippen LogP contribution in [-0.2, 0) is 47.6 Å². The van der Waals surface area contributed by atoms with E-state index in [0.717, 1.165) is 0 Å². The Morgan fingerprint density at radius 1 is 0.569 bits per heavy atom. The summed E-state index contributed by atoms with van der Waals surface area (Å²) in [5.41, 5.74) is 0. The molecule has 11 N–H and O–H groups in total. The Balaban J connectivity index is 1.79. The second-order valence-electron chi connectivity index (χ2n) is 12.8. The highest BCUT2D eigenvalue weighted by molar-refractivity contribution is 5.74. The van der Waals surface area contributed by atoms with Crippen molar-refractivity contribution in [2.24, 2.45) is 11.8 Å². The van der Waals surface area contributed by atoms with Crippen molar-refractivity contribution >= 4 is 23.7 Å². The molecule has 0 radical (unpaired) electrons. The maximum absolute atomic E-state index is 12.4. The molecule has 3 rings (SSSR count). The van der Waals surface area contributed by atoms with Gasteiger partial charge in [0.2, 0.25) is 17.7 Å². The Bertz CT molecular complexity index is 1150. The molecule has 3 amide bonds. The molecular weight excluding hydrogens is 690 g/mol. The summed E-state index contributed by atoms with van der Waals surface area (Å²) in [6, 6.07) is -3.47. The molecule has 0 spiro atoms. The molecule has 15 atom stereocenters. The van der Waals surface area contributed by atoms with Crippen LogP contribution < -0.4 is 16.0 Å².